The van der Waals surface area contributed by atoms with E-state index in [-0.39, 0.29) is 4.90 Å². The fraction of sp³-hybridized carbons (Fsp3) is 0.615. The number of anilines is 1. The number of nitrogens with one attached hydrogen (secondary N) is 1. The van der Waals surface area contributed by atoms with Gasteiger partial charge in [0.15, 0.2) is 0 Å². The molecule has 1 atom stereocenters. The lowest BCUT2D eigenvalue weighted by Crippen LogP contribution is -2.33. The maximum atomic E-state index is 12.5. The second-order valence-electron chi connectivity index (χ2n) is 5.33. The molecule has 0 radical (unpaired) electrons. The molecule has 7 heteroatoms. The number of hydrogen-bond donors (Lipinski definition) is 1. The topological polar surface area (TPSA) is 65.5 Å². The molecule has 1 fully saturated rings. The second kappa shape index (κ2) is 6.07. The molecular formula is C13H22N4O2S. The maximum absolute atomic E-state index is 12.5. The molecule has 20 heavy (non-hydrogen) atoms. The van der Waals surface area contributed by atoms with Crippen molar-refractivity contribution in [3.8, 4) is 0 Å². The summed E-state index contributed by atoms with van der Waals surface area (Å²) in [5, 5.41) is 2.86. The van der Waals surface area contributed by atoms with Gasteiger partial charge in [0, 0.05) is 39.4 Å². The summed E-state index contributed by atoms with van der Waals surface area (Å²) < 4.78 is 26.5. The molecule has 1 aliphatic rings. The highest BCUT2D eigenvalue weighted by Crippen LogP contribution is 2.21. The van der Waals surface area contributed by atoms with Crippen LogP contribution in [0.2, 0.25) is 0 Å². The molecule has 1 aromatic heterocycles. The van der Waals surface area contributed by atoms with Crippen molar-refractivity contribution in [1.82, 2.24) is 14.2 Å². The van der Waals surface area contributed by atoms with Gasteiger partial charge in [-0.3, -0.25) is 0 Å². The third-order valence-corrected chi connectivity index (χ3v) is 5.52. The van der Waals surface area contributed by atoms with Gasteiger partial charge in [0.05, 0.1) is 4.90 Å². The van der Waals surface area contributed by atoms with Crippen molar-refractivity contribution >= 4 is 15.8 Å². The maximum Gasteiger partial charge on any atom is 0.243 e. The summed E-state index contributed by atoms with van der Waals surface area (Å²) in [5.74, 6) is 0.963. The van der Waals surface area contributed by atoms with Gasteiger partial charge in [0.1, 0.15) is 5.82 Å². The molecule has 1 N–H and O–H groups in total. The summed E-state index contributed by atoms with van der Waals surface area (Å²) in [6, 6.07) is 3.10. The zero-order chi connectivity index (χ0) is 14.8. The third-order valence-electron chi connectivity index (χ3n) is 3.70. The predicted octanol–water partition coefficient (Wildman–Crippen LogP) is 0.695. The van der Waals surface area contributed by atoms with Gasteiger partial charge >= 0.3 is 0 Å². The minimum Gasteiger partial charge on any atom is -0.373 e. The third kappa shape index (κ3) is 3.28. The number of sulfonamides is 1. The van der Waals surface area contributed by atoms with Crippen LogP contribution >= 0.6 is 0 Å². The Labute approximate surface area is 120 Å². The monoisotopic (exact) mass is 298 g/mol. The van der Waals surface area contributed by atoms with Gasteiger partial charge in [0.25, 0.3) is 0 Å². The molecular weight excluding hydrogens is 276 g/mol. The van der Waals surface area contributed by atoms with Crippen molar-refractivity contribution in [2.45, 2.75) is 11.3 Å². The van der Waals surface area contributed by atoms with E-state index in [1.807, 2.05) is 0 Å². The highest BCUT2D eigenvalue weighted by atomic mass is 32.2. The number of hydrogen-bond acceptors (Lipinski definition) is 5. The van der Waals surface area contributed by atoms with Gasteiger partial charge in [0.2, 0.25) is 10.0 Å². The van der Waals surface area contributed by atoms with Gasteiger partial charge in [-0.2, -0.15) is 0 Å². The van der Waals surface area contributed by atoms with Gasteiger partial charge in [-0.15, -0.1) is 0 Å². The summed E-state index contributed by atoms with van der Waals surface area (Å²) in [4.78, 5) is 6.56. The smallest absolute Gasteiger partial charge is 0.243 e. The fourth-order valence-electron chi connectivity index (χ4n) is 2.53. The highest BCUT2D eigenvalue weighted by molar-refractivity contribution is 7.89. The molecule has 0 spiro atoms. The summed E-state index contributed by atoms with van der Waals surface area (Å²) in [6.45, 7) is 2.56. The summed E-state index contributed by atoms with van der Waals surface area (Å²) in [7, 11) is 1.99. The highest BCUT2D eigenvalue weighted by Gasteiger charge is 2.27. The van der Waals surface area contributed by atoms with E-state index in [0.717, 1.165) is 19.5 Å². The Morgan fingerprint density at radius 3 is 2.90 bits per heavy atom. The predicted molar refractivity (Wildman–Crippen MR) is 79.2 cm³/mol. The van der Waals surface area contributed by atoms with Crippen LogP contribution in [0.25, 0.3) is 0 Å². The van der Waals surface area contributed by atoms with Gasteiger partial charge in [-0.25, -0.2) is 17.7 Å². The van der Waals surface area contributed by atoms with Crippen LogP contribution in [0, 0.1) is 5.92 Å². The Hall–Kier alpha value is -1.18. The molecule has 1 aromatic rings. The SMILES string of the molecule is CNc1cc(S(=O)(=O)N(C)CC2CCN(C)C2)ccn1. The van der Waals surface area contributed by atoms with E-state index in [1.54, 1.807) is 20.2 Å². The Morgan fingerprint density at radius 2 is 2.30 bits per heavy atom. The van der Waals surface area contributed by atoms with Gasteiger partial charge in [-0.1, -0.05) is 0 Å². The zero-order valence-electron chi connectivity index (χ0n) is 12.2. The first-order valence-corrected chi connectivity index (χ1v) is 8.16. The number of pyridine rings is 1. The molecule has 0 aliphatic carbocycles. The molecule has 1 saturated heterocycles. The first-order valence-electron chi connectivity index (χ1n) is 6.72. The molecule has 2 rings (SSSR count). The van der Waals surface area contributed by atoms with Crippen LogP contribution in [0.4, 0.5) is 5.82 Å². The molecule has 112 valence electrons. The molecule has 1 unspecified atom stereocenters. The van der Waals surface area contributed by atoms with Crippen molar-refractivity contribution in [2.75, 3.05) is 46.1 Å². The van der Waals surface area contributed by atoms with E-state index >= 15 is 0 Å². The Bertz CT molecular complexity index is 561. The fourth-order valence-corrected chi connectivity index (χ4v) is 3.79. The summed E-state index contributed by atoms with van der Waals surface area (Å²) in [6.07, 6.45) is 2.56. The van der Waals surface area contributed by atoms with E-state index in [9.17, 15) is 8.42 Å². The number of aromatic nitrogens is 1. The molecule has 1 aliphatic heterocycles. The Morgan fingerprint density at radius 1 is 1.55 bits per heavy atom. The van der Waals surface area contributed by atoms with Crippen LogP contribution in [0.5, 0.6) is 0 Å². The van der Waals surface area contributed by atoms with Gasteiger partial charge in [-0.05, 0) is 32.0 Å². The van der Waals surface area contributed by atoms with Crippen LogP contribution in [-0.4, -0.2) is 63.4 Å². The van der Waals surface area contributed by atoms with Crippen molar-refractivity contribution < 1.29 is 8.42 Å². The summed E-state index contributed by atoms with van der Waals surface area (Å²) in [5.41, 5.74) is 0. The van der Waals surface area contributed by atoms with Crippen molar-refractivity contribution in [3.05, 3.63) is 18.3 Å². The number of nitrogens with zero attached hydrogens (tertiary/aromatic N) is 3. The lowest BCUT2D eigenvalue weighted by Gasteiger charge is -2.21. The normalized spacial score (nSPS) is 20.5. The van der Waals surface area contributed by atoms with E-state index < -0.39 is 10.0 Å². The molecule has 0 aromatic carbocycles. The van der Waals surface area contributed by atoms with Crippen molar-refractivity contribution in [3.63, 3.8) is 0 Å². The minimum absolute atomic E-state index is 0.283. The Kier molecular flexibility index (Phi) is 4.62. The Balaban J connectivity index is 2.12. The van der Waals surface area contributed by atoms with Crippen LogP contribution in [0.15, 0.2) is 23.2 Å². The van der Waals surface area contributed by atoms with Crippen LogP contribution in [0.1, 0.15) is 6.42 Å². The van der Waals surface area contributed by atoms with E-state index in [2.05, 4.69) is 22.2 Å². The first kappa shape index (κ1) is 15.2. The quantitative estimate of drug-likeness (QED) is 0.866. The van der Waals surface area contributed by atoms with E-state index in [0.29, 0.717) is 18.3 Å². The van der Waals surface area contributed by atoms with Crippen molar-refractivity contribution in [2.24, 2.45) is 5.92 Å². The molecule has 0 saturated carbocycles. The second-order valence-corrected chi connectivity index (χ2v) is 7.37. The molecule has 6 nitrogen and oxygen atoms in total. The largest absolute Gasteiger partial charge is 0.373 e. The first-order chi connectivity index (χ1) is 9.43. The number of rotatable bonds is 5. The lowest BCUT2D eigenvalue weighted by atomic mass is 10.1. The van der Waals surface area contributed by atoms with Crippen molar-refractivity contribution in [1.29, 1.82) is 0 Å². The summed E-state index contributed by atoms with van der Waals surface area (Å²) >= 11 is 0. The number of likely N-dealkylation sites (tertiary alicyclic amines) is 1. The molecule has 0 bridgehead atoms. The molecule has 0 amide bonds. The lowest BCUT2D eigenvalue weighted by molar-refractivity contribution is 0.357. The van der Waals surface area contributed by atoms with E-state index in [4.69, 9.17) is 0 Å². The zero-order valence-corrected chi connectivity index (χ0v) is 13.0. The standard InChI is InChI=1S/C13H22N4O2S/c1-14-13-8-12(4-6-15-13)20(18,19)17(3)10-11-5-7-16(2)9-11/h4,6,8,11H,5,7,9-10H2,1-3H3,(H,14,15). The molecule has 2 heterocycles. The van der Waals surface area contributed by atoms with E-state index in [1.165, 1.54) is 16.6 Å². The minimum atomic E-state index is -3.44. The van der Waals surface area contributed by atoms with Crippen LogP contribution in [-0.2, 0) is 10.0 Å². The average Bonchev–Trinajstić information content (AvgIpc) is 2.84. The van der Waals surface area contributed by atoms with Crippen LogP contribution in [0.3, 0.4) is 0 Å². The van der Waals surface area contributed by atoms with Crippen LogP contribution < -0.4 is 5.32 Å². The van der Waals surface area contributed by atoms with Gasteiger partial charge < -0.3 is 10.2 Å². The average molecular weight is 298 g/mol.